The first-order valence-corrected chi connectivity index (χ1v) is 13.1. The number of amides is 1. The highest BCUT2D eigenvalue weighted by atomic mass is 31.2. The molecular weight excluding hydrogens is 409 g/mol. The van der Waals surface area contributed by atoms with E-state index in [0.29, 0.717) is 25.9 Å². The van der Waals surface area contributed by atoms with Gasteiger partial charge in [0.25, 0.3) is 0 Å². The van der Waals surface area contributed by atoms with Crippen molar-refractivity contribution in [2.24, 2.45) is 0 Å². The normalized spacial score (nSPS) is 14.9. The smallest absolute Gasteiger partial charge is 0.330 e. The number of nitrogens with one attached hydrogen (secondary N) is 1. The SMILES string of the molecule is CCCNC(=O)C1c2ccccc2-c2c(CCCCP(=O)(OCC)OCC)cccc21. The summed E-state index contributed by atoms with van der Waals surface area (Å²) in [6.45, 7) is 7.20. The molecule has 2 aromatic rings. The Balaban J connectivity index is 1.78. The number of unbranched alkanes of at least 4 members (excludes halogenated alkanes) is 1. The summed E-state index contributed by atoms with van der Waals surface area (Å²) in [5.74, 6) is -0.187. The topological polar surface area (TPSA) is 64.6 Å². The number of fused-ring (bicyclic) bond motifs is 3. The van der Waals surface area contributed by atoms with Gasteiger partial charge in [0.1, 0.15) is 0 Å². The number of hydrogen-bond acceptors (Lipinski definition) is 4. The third-order valence-electron chi connectivity index (χ3n) is 5.63. The first kappa shape index (κ1) is 23.7. The van der Waals surface area contributed by atoms with E-state index < -0.39 is 7.60 Å². The zero-order valence-electron chi connectivity index (χ0n) is 18.9. The molecule has 0 spiro atoms. The molecule has 1 N–H and O–H groups in total. The third kappa shape index (κ3) is 5.46. The predicted molar refractivity (Wildman–Crippen MR) is 126 cm³/mol. The second kappa shape index (κ2) is 11.1. The van der Waals surface area contributed by atoms with Crippen molar-refractivity contribution in [1.29, 1.82) is 0 Å². The van der Waals surface area contributed by atoms with Gasteiger partial charge in [0.15, 0.2) is 0 Å². The lowest BCUT2D eigenvalue weighted by Crippen LogP contribution is -2.29. The highest BCUT2D eigenvalue weighted by molar-refractivity contribution is 7.53. The molecule has 0 fully saturated rings. The number of rotatable bonds is 12. The van der Waals surface area contributed by atoms with E-state index in [-0.39, 0.29) is 11.8 Å². The third-order valence-corrected chi connectivity index (χ3v) is 7.79. The van der Waals surface area contributed by atoms with Crippen LogP contribution in [-0.4, -0.2) is 31.8 Å². The first-order valence-electron chi connectivity index (χ1n) is 11.4. The Morgan fingerprint density at radius 2 is 1.68 bits per heavy atom. The predicted octanol–water partition coefficient (Wildman–Crippen LogP) is 5.91. The molecule has 1 aliphatic carbocycles. The van der Waals surface area contributed by atoms with Crippen molar-refractivity contribution in [3.63, 3.8) is 0 Å². The van der Waals surface area contributed by atoms with Crippen LogP contribution in [0.15, 0.2) is 42.5 Å². The maximum Gasteiger partial charge on any atom is 0.330 e. The van der Waals surface area contributed by atoms with Crippen LogP contribution in [-0.2, 0) is 24.8 Å². The Morgan fingerprint density at radius 3 is 2.39 bits per heavy atom. The van der Waals surface area contributed by atoms with E-state index in [0.717, 1.165) is 42.4 Å². The summed E-state index contributed by atoms with van der Waals surface area (Å²) in [6, 6.07) is 14.5. The lowest BCUT2D eigenvalue weighted by atomic mass is 9.93. The molecule has 1 aliphatic rings. The number of benzene rings is 2. The highest BCUT2D eigenvalue weighted by Gasteiger charge is 2.34. The molecule has 0 saturated heterocycles. The minimum absolute atomic E-state index is 0.0690. The number of carbonyl (C=O) groups is 1. The van der Waals surface area contributed by atoms with Gasteiger partial charge in [-0.2, -0.15) is 0 Å². The van der Waals surface area contributed by atoms with Crippen LogP contribution in [0.25, 0.3) is 11.1 Å². The molecule has 0 aliphatic heterocycles. The lowest BCUT2D eigenvalue weighted by molar-refractivity contribution is -0.121. The van der Waals surface area contributed by atoms with E-state index in [4.69, 9.17) is 9.05 Å². The van der Waals surface area contributed by atoms with Crippen molar-refractivity contribution >= 4 is 13.5 Å². The molecule has 0 heterocycles. The number of carbonyl (C=O) groups excluding carboxylic acids is 1. The van der Waals surface area contributed by atoms with Crippen molar-refractivity contribution in [2.75, 3.05) is 25.9 Å². The molecule has 0 saturated carbocycles. The molecular formula is C25H34NO4P. The van der Waals surface area contributed by atoms with Gasteiger partial charge >= 0.3 is 7.60 Å². The molecule has 31 heavy (non-hydrogen) atoms. The Hall–Kier alpha value is -1.94. The van der Waals surface area contributed by atoms with Crippen LogP contribution in [0.5, 0.6) is 0 Å². The Labute approximate surface area is 186 Å². The van der Waals surface area contributed by atoms with Crippen LogP contribution in [0.2, 0.25) is 0 Å². The molecule has 1 unspecified atom stereocenters. The van der Waals surface area contributed by atoms with Crippen molar-refractivity contribution in [1.82, 2.24) is 5.32 Å². The Bertz CT molecular complexity index is 933. The van der Waals surface area contributed by atoms with Crippen molar-refractivity contribution in [3.8, 4) is 11.1 Å². The van der Waals surface area contributed by atoms with Gasteiger partial charge in [0.05, 0.1) is 25.3 Å². The van der Waals surface area contributed by atoms with Crippen LogP contribution in [0, 0.1) is 0 Å². The zero-order chi connectivity index (χ0) is 22.3. The standard InChI is InChI=1S/C25H34NO4P/c1-4-17-26-25(27)24-21-15-8-7-14-20(21)23-19(13-11-16-22(23)24)12-9-10-18-31(28,29-5-2)30-6-3/h7-8,11,13-16,24H,4-6,9-10,12,17-18H2,1-3H3,(H,26,27). The minimum Gasteiger partial charge on any atom is -0.355 e. The van der Waals surface area contributed by atoms with Gasteiger partial charge in [-0.1, -0.05) is 49.4 Å². The van der Waals surface area contributed by atoms with Crippen LogP contribution < -0.4 is 5.32 Å². The molecule has 6 heteroatoms. The fourth-order valence-corrected chi connectivity index (χ4v) is 6.09. The molecule has 0 radical (unpaired) electrons. The first-order chi connectivity index (χ1) is 15.0. The average Bonchev–Trinajstić information content (AvgIpc) is 3.10. The number of aryl methyl sites for hydroxylation is 1. The van der Waals surface area contributed by atoms with Gasteiger partial charge < -0.3 is 14.4 Å². The highest BCUT2D eigenvalue weighted by Crippen LogP contribution is 2.49. The summed E-state index contributed by atoms with van der Waals surface area (Å²) in [5, 5.41) is 3.07. The van der Waals surface area contributed by atoms with Crippen LogP contribution in [0.3, 0.4) is 0 Å². The van der Waals surface area contributed by atoms with E-state index in [9.17, 15) is 9.36 Å². The fraction of sp³-hybridized carbons (Fsp3) is 0.480. The Kier molecular flexibility index (Phi) is 8.48. The Morgan fingerprint density at radius 1 is 0.968 bits per heavy atom. The molecule has 1 atom stereocenters. The largest absolute Gasteiger partial charge is 0.355 e. The van der Waals surface area contributed by atoms with E-state index in [2.05, 4.69) is 36.5 Å². The van der Waals surface area contributed by atoms with Crippen LogP contribution in [0.4, 0.5) is 0 Å². The summed E-state index contributed by atoms with van der Waals surface area (Å²) in [7, 11) is -3.00. The molecule has 168 valence electrons. The van der Waals surface area contributed by atoms with Gasteiger partial charge in [-0.15, -0.1) is 0 Å². The molecule has 0 bridgehead atoms. The van der Waals surface area contributed by atoms with Gasteiger partial charge in [-0.25, -0.2) is 0 Å². The van der Waals surface area contributed by atoms with Crippen LogP contribution >= 0.6 is 7.60 Å². The van der Waals surface area contributed by atoms with E-state index >= 15 is 0 Å². The maximum absolute atomic E-state index is 13.0. The second-order valence-corrected chi connectivity index (χ2v) is 10.0. The monoisotopic (exact) mass is 443 g/mol. The zero-order valence-corrected chi connectivity index (χ0v) is 19.8. The van der Waals surface area contributed by atoms with Gasteiger partial charge in [-0.3, -0.25) is 9.36 Å². The average molecular weight is 444 g/mol. The summed E-state index contributed by atoms with van der Waals surface area (Å²) >= 11 is 0. The van der Waals surface area contributed by atoms with Gasteiger partial charge in [0, 0.05) is 6.54 Å². The van der Waals surface area contributed by atoms with Crippen molar-refractivity contribution < 1.29 is 18.4 Å². The van der Waals surface area contributed by atoms with Crippen LogP contribution in [0.1, 0.15) is 62.6 Å². The molecule has 3 rings (SSSR count). The fourth-order valence-electron chi connectivity index (χ4n) is 4.35. The molecule has 5 nitrogen and oxygen atoms in total. The molecule has 1 amide bonds. The lowest BCUT2D eigenvalue weighted by Gasteiger charge is -2.17. The van der Waals surface area contributed by atoms with E-state index in [1.165, 1.54) is 11.1 Å². The summed E-state index contributed by atoms with van der Waals surface area (Å²) < 4.78 is 23.5. The summed E-state index contributed by atoms with van der Waals surface area (Å²) in [6.07, 6.45) is 3.86. The maximum atomic E-state index is 13.0. The quantitative estimate of drug-likeness (QED) is 0.327. The van der Waals surface area contributed by atoms with Gasteiger partial charge in [-0.05, 0) is 67.3 Å². The van der Waals surface area contributed by atoms with Crippen molar-refractivity contribution in [3.05, 3.63) is 59.2 Å². The van der Waals surface area contributed by atoms with E-state index in [1.54, 1.807) is 0 Å². The second-order valence-electron chi connectivity index (χ2n) is 7.82. The summed E-state index contributed by atoms with van der Waals surface area (Å²) in [5.41, 5.74) is 5.74. The van der Waals surface area contributed by atoms with E-state index in [1.807, 2.05) is 32.0 Å². The number of hydrogen-bond donors (Lipinski definition) is 1. The molecule has 2 aromatic carbocycles. The summed E-state index contributed by atoms with van der Waals surface area (Å²) in [4.78, 5) is 13.0. The van der Waals surface area contributed by atoms with Crippen molar-refractivity contribution in [2.45, 2.75) is 52.4 Å². The van der Waals surface area contributed by atoms with Gasteiger partial charge in [0.2, 0.25) is 5.91 Å². The molecule has 0 aromatic heterocycles. The minimum atomic E-state index is -3.00.